The van der Waals surface area contributed by atoms with Crippen LogP contribution >= 0.6 is 0 Å². The summed E-state index contributed by atoms with van der Waals surface area (Å²) in [6.07, 6.45) is 0. The molecule has 0 radical (unpaired) electrons. The van der Waals surface area contributed by atoms with Crippen LogP contribution in [0.3, 0.4) is 0 Å². The van der Waals surface area contributed by atoms with Crippen LogP contribution in [0.2, 0.25) is 0 Å². The number of Topliss-reactive ketones (excluding diaryl/α,β-unsaturated/α-hetero) is 1. The minimum Gasteiger partial charge on any atom is -0.423 e. The van der Waals surface area contributed by atoms with E-state index in [-0.39, 0.29) is 11.7 Å². The zero-order chi connectivity index (χ0) is 10.7. The highest BCUT2D eigenvalue weighted by Crippen LogP contribution is 2.06. The summed E-state index contributed by atoms with van der Waals surface area (Å²) in [6.45, 7) is 3.62. The second kappa shape index (κ2) is 4.40. The van der Waals surface area contributed by atoms with Gasteiger partial charge in [0.1, 0.15) is 0 Å². The van der Waals surface area contributed by atoms with Gasteiger partial charge in [-0.05, 0) is 5.46 Å². The highest BCUT2D eigenvalue weighted by molar-refractivity contribution is 6.58. The predicted molar refractivity (Wildman–Crippen MR) is 55.4 cm³/mol. The van der Waals surface area contributed by atoms with Gasteiger partial charge in [-0.3, -0.25) is 4.79 Å². The van der Waals surface area contributed by atoms with Gasteiger partial charge in [0, 0.05) is 11.5 Å². The van der Waals surface area contributed by atoms with Gasteiger partial charge in [0.25, 0.3) is 0 Å². The van der Waals surface area contributed by atoms with E-state index in [0.29, 0.717) is 11.0 Å². The smallest absolute Gasteiger partial charge is 0.423 e. The zero-order valence-electron chi connectivity index (χ0n) is 8.27. The maximum Gasteiger partial charge on any atom is 0.488 e. The van der Waals surface area contributed by atoms with E-state index in [1.165, 1.54) is 6.07 Å². The van der Waals surface area contributed by atoms with E-state index in [1.54, 1.807) is 18.2 Å². The van der Waals surface area contributed by atoms with Gasteiger partial charge >= 0.3 is 7.12 Å². The van der Waals surface area contributed by atoms with Crippen LogP contribution in [0.5, 0.6) is 0 Å². The molecule has 0 fully saturated rings. The monoisotopic (exact) mass is 192 g/mol. The lowest BCUT2D eigenvalue weighted by molar-refractivity contribution is 0.0939. The maximum atomic E-state index is 11.6. The van der Waals surface area contributed by atoms with Gasteiger partial charge in [0.2, 0.25) is 0 Å². The minimum absolute atomic E-state index is 0.00694. The molecule has 0 aliphatic carbocycles. The molecule has 1 rings (SSSR count). The van der Waals surface area contributed by atoms with E-state index in [2.05, 4.69) is 0 Å². The van der Waals surface area contributed by atoms with Gasteiger partial charge in [0.15, 0.2) is 5.78 Å². The molecule has 1 aromatic carbocycles. The highest BCUT2D eigenvalue weighted by atomic mass is 16.4. The molecule has 0 aromatic heterocycles. The third kappa shape index (κ3) is 2.43. The Bertz CT molecular complexity index is 334. The summed E-state index contributed by atoms with van der Waals surface area (Å²) in [4.78, 5) is 11.6. The molecule has 0 atom stereocenters. The van der Waals surface area contributed by atoms with Crippen molar-refractivity contribution < 1.29 is 14.8 Å². The minimum atomic E-state index is -1.52. The Kier molecular flexibility index (Phi) is 3.44. The SMILES string of the molecule is CC(C)C(=O)c1cccc(B(O)O)c1. The molecular formula is C10H13BO3. The van der Waals surface area contributed by atoms with E-state index >= 15 is 0 Å². The van der Waals surface area contributed by atoms with E-state index in [0.717, 1.165) is 0 Å². The molecule has 0 aliphatic heterocycles. The number of hydrogen-bond acceptors (Lipinski definition) is 3. The lowest BCUT2D eigenvalue weighted by Gasteiger charge is -2.05. The van der Waals surface area contributed by atoms with Crippen LogP contribution in [-0.2, 0) is 0 Å². The van der Waals surface area contributed by atoms with Gasteiger partial charge in [-0.2, -0.15) is 0 Å². The van der Waals surface area contributed by atoms with Crippen molar-refractivity contribution in [3.05, 3.63) is 29.8 Å². The molecule has 0 heterocycles. The molecular weight excluding hydrogens is 179 g/mol. The maximum absolute atomic E-state index is 11.6. The van der Waals surface area contributed by atoms with Gasteiger partial charge in [-0.1, -0.05) is 38.1 Å². The topological polar surface area (TPSA) is 57.5 Å². The van der Waals surface area contributed by atoms with E-state index < -0.39 is 7.12 Å². The summed E-state index contributed by atoms with van der Waals surface area (Å²) >= 11 is 0. The highest BCUT2D eigenvalue weighted by Gasteiger charge is 2.15. The van der Waals surface area contributed by atoms with Crippen LogP contribution in [0.1, 0.15) is 24.2 Å². The first-order valence-corrected chi connectivity index (χ1v) is 4.52. The Morgan fingerprint density at radius 2 is 2.00 bits per heavy atom. The fourth-order valence-corrected chi connectivity index (χ4v) is 1.19. The van der Waals surface area contributed by atoms with Gasteiger partial charge in [-0.15, -0.1) is 0 Å². The largest absolute Gasteiger partial charge is 0.488 e. The fraction of sp³-hybridized carbons (Fsp3) is 0.300. The lowest BCUT2D eigenvalue weighted by atomic mass is 9.79. The van der Waals surface area contributed by atoms with Crippen molar-refractivity contribution in [2.75, 3.05) is 0 Å². The molecule has 1 aromatic rings. The Morgan fingerprint density at radius 1 is 1.36 bits per heavy atom. The van der Waals surface area contributed by atoms with Gasteiger partial charge in [-0.25, -0.2) is 0 Å². The molecule has 74 valence electrons. The molecule has 0 aliphatic rings. The average Bonchev–Trinajstić information content (AvgIpc) is 2.16. The molecule has 14 heavy (non-hydrogen) atoms. The van der Waals surface area contributed by atoms with Crippen molar-refractivity contribution in [1.29, 1.82) is 0 Å². The van der Waals surface area contributed by atoms with Gasteiger partial charge in [0.05, 0.1) is 0 Å². The lowest BCUT2D eigenvalue weighted by Crippen LogP contribution is -2.30. The van der Waals surface area contributed by atoms with Crippen LogP contribution in [0.25, 0.3) is 0 Å². The van der Waals surface area contributed by atoms with Crippen molar-refractivity contribution in [2.24, 2.45) is 5.92 Å². The van der Waals surface area contributed by atoms with Crippen molar-refractivity contribution in [2.45, 2.75) is 13.8 Å². The van der Waals surface area contributed by atoms with Crippen LogP contribution in [-0.4, -0.2) is 22.9 Å². The first kappa shape index (κ1) is 11.0. The Morgan fingerprint density at radius 3 is 2.50 bits per heavy atom. The molecule has 0 saturated carbocycles. The molecule has 3 nitrogen and oxygen atoms in total. The predicted octanol–water partition coefficient (Wildman–Crippen LogP) is 0.205. The normalized spacial score (nSPS) is 10.4. The first-order valence-electron chi connectivity index (χ1n) is 4.52. The Hall–Kier alpha value is -1.13. The molecule has 0 unspecified atom stereocenters. The van der Waals surface area contributed by atoms with E-state index in [1.807, 2.05) is 13.8 Å². The molecule has 0 amide bonds. The number of carbonyl (C=O) groups excluding carboxylic acids is 1. The summed E-state index contributed by atoms with van der Waals surface area (Å²) < 4.78 is 0. The Balaban J connectivity index is 3.00. The van der Waals surface area contributed by atoms with Crippen LogP contribution in [0, 0.1) is 5.92 Å². The molecule has 2 N–H and O–H groups in total. The third-order valence-electron chi connectivity index (χ3n) is 1.99. The van der Waals surface area contributed by atoms with Crippen molar-refractivity contribution in [3.8, 4) is 0 Å². The number of carbonyl (C=O) groups is 1. The standard InChI is InChI=1S/C10H13BO3/c1-7(2)10(12)8-4-3-5-9(6-8)11(13)14/h3-7,13-14H,1-2H3. The number of ketones is 1. The Labute approximate surface area is 83.5 Å². The summed E-state index contributed by atoms with van der Waals surface area (Å²) in [5.74, 6) is -0.0754. The van der Waals surface area contributed by atoms with Crippen LogP contribution in [0.4, 0.5) is 0 Å². The van der Waals surface area contributed by atoms with E-state index in [4.69, 9.17) is 10.0 Å². The van der Waals surface area contributed by atoms with Crippen LogP contribution in [0.15, 0.2) is 24.3 Å². The number of benzene rings is 1. The van der Waals surface area contributed by atoms with Crippen molar-refractivity contribution >= 4 is 18.4 Å². The van der Waals surface area contributed by atoms with Gasteiger partial charge < -0.3 is 10.0 Å². The first-order chi connectivity index (χ1) is 6.52. The summed E-state index contributed by atoms with van der Waals surface area (Å²) in [5, 5.41) is 17.8. The summed E-state index contributed by atoms with van der Waals surface area (Å²) in [5.41, 5.74) is 0.863. The van der Waals surface area contributed by atoms with Crippen LogP contribution < -0.4 is 5.46 Å². The molecule has 0 bridgehead atoms. The zero-order valence-corrected chi connectivity index (χ0v) is 8.27. The van der Waals surface area contributed by atoms with Crippen molar-refractivity contribution in [1.82, 2.24) is 0 Å². The average molecular weight is 192 g/mol. The molecule has 0 spiro atoms. The summed E-state index contributed by atoms with van der Waals surface area (Å²) in [7, 11) is -1.52. The second-order valence-electron chi connectivity index (χ2n) is 3.52. The second-order valence-corrected chi connectivity index (χ2v) is 3.52. The number of hydrogen-bond donors (Lipinski definition) is 2. The molecule has 4 heteroatoms. The molecule has 0 saturated heterocycles. The third-order valence-corrected chi connectivity index (χ3v) is 1.99. The quantitative estimate of drug-likeness (QED) is 0.531. The summed E-state index contributed by atoms with van der Waals surface area (Å²) in [6, 6.07) is 6.40. The van der Waals surface area contributed by atoms with Crippen molar-refractivity contribution in [3.63, 3.8) is 0 Å². The number of rotatable bonds is 3. The fourth-order valence-electron chi connectivity index (χ4n) is 1.19. The van der Waals surface area contributed by atoms with E-state index in [9.17, 15) is 4.79 Å².